The molecule has 0 spiro atoms. The highest BCUT2D eigenvalue weighted by Crippen LogP contribution is 2.29. The molecule has 1 unspecified atom stereocenters. The molecule has 25 heavy (non-hydrogen) atoms. The minimum atomic E-state index is -0.254. The van der Waals surface area contributed by atoms with Crippen LogP contribution in [0.2, 0.25) is 0 Å². The highest BCUT2D eigenvalue weighted by atomic mass is 16.1. The molecule has 2 N–H and O–H groups in total. The van der Waals surface area contributed by atoms with E-state index in [1.54, 1.807) is 0 Å². The average molecular weight is 338 g/mol. The molecule has 0 bridgehead atoms. The Hall–Kier alpha value is -2.09. The smallest absolute Gasteiger partial charge is 0.225 e. The summed E-state index contributed by atoms with van der Waals surface area (Å²) >= 11 is 0. The molecule has 0 aliphatic heterocycles. The van der Waals surface area contributed by atoms with Gasteiger partial charge in [0.15, 0.2) is 0 Å². The number of aryl methyl sites for hydroxylation is 1. The van der Waals surface area contributed by atoms with Gasteiger partial charge in [-0.05, 0) is 54.4 Å². The third-order valence-electron chi connectivity index (χ3n) is 4.89. The van der Waals surface area contributed by atoms with Crippen LogP contribution in [0.1, 0.15) is 67.7 Å². The normalized spacial score (nSPS) is 12.1. The van der Waals surface area contributed by atoms with Crippen LogP contribution in [0.4, 0.5) is 0 Å². The Morgan fingerprint density at radius 1 is 0.920 bits per heavy atom. The number of rotatable bonds is 10. The van der Waals surface area contributed by atoms with Crippen molar-refractivity contribution in [2.24, 2.45) is 5.73 Å². The molecule has 0 radical (unpaired) electrons. The van der Waals surface area contributed by atoms with Crippen LogP contribution in [-0.4, -0.2) is 5.91 Å². The third kappa shape index (κ3) is 5.45. The quantitative estimate of drug-likeness (QED) is 0.637. The Labute approximate surface area is 152 Å². The summed E-state index contributed by atoms with van der Waals surface area (Å²) in [6.07, 6.45) is 7.45. The SMILES string of the molecule is CCCCc1cccc(C(Cc2ccccc2)C(N)=O)c1CCCC. The number of primary amides is 1. The molecule has 0 heterocycles. The standard InChI is InChI=1S/C23H31NO/c1-3-5-13-19-14-10-16-21(20(19)15-6-4-2)22(23(24)25)17-18-11-8-7-9-12-18/h7-12,14,16,22H,3-6,13,15,17H2,1-2H3,(H2,24,25). The monoisotopic (exact) mass is 337 g/mol. The van der Waals surface area contributed by atoms with Crippen molar-refractivity contribution >= 4 is 5.91 Å². The molecule has 2 aromatic carbocycles. The Bertz CT molecular complexity index is 663. The molecule has 1 amide bonds. The van der Waals surface area contributed by atoms with Crippen molar-refractivity contribution in [3.63, 3.8) is 0 Å². The maximum absolute atomic E-state index is 12.3. The van der Waals surface area contributed by atoms with Gasteiger partial charge in [-0.2, -0.15) is 0 Å². The van der Waals surface area contributed by atoms with Gasteiger partial charge in [-0.1, -0.05) is 75.2 Å². The third-order valence-corrected chi connectivity index (χ3v) is 4.89. The molecule has 0 aliphatic carbocycles. The molecule has 0 saturated heterocycles. The van der Waals surface area contributed by atoms with Gasteiger partial charge in [-0.25, -0.2) is 0 Å². The second kappa shape index (κ2) is 10.0. The number of benzene rings is 2. The molecular formula is C23H31NO. The maximum Gasteiger partial charge on any atom is 0.225 e. The molecule has 2 heteroatoms. The fourth-order valence-electron chi connectivity index (χ4n) is 3.45. The number of amides is 1. The number of carbonyl (C=O) groups is 1. The summed E-state index contributed by atoms with van der Waals surface area (Å²) in [5, 5.41) is 0. The van der Waals surface area contributed by atoms with E-state index >= 15 is 0 Å². The van der Waals surface area contributed by atoms with Crippen LogP contribution in [0, 0.1) is 0 Å². The Balaban J connectivity index is 2.39. The number of carbonyl (C=O) groups excluding carboxylic acids is 1. The van der Waals surface area contributed by atoms with Crippen molar-refractivity contribution in [3.05, 3.63) is 70.8 Å². The van der Waals surface area contributed by atoms with E-state index in [9.17, 15) is 4.79 Å². The summed E-state index contributed by atoms with van der Waals surface area (Å²) in [6.45, 7) is 4.43. The van der Waals surface area contributed by atoms with Crippen LogP contribution in [0.5, 0.6) is 0 Å². The fraction of sp³-hybridized carbons (Fsp3) is 0.435. The van der Waals surface area contributed by atoms with E-state index in [-0.39, 0.29) is 11.8 Å². The summed E-state index contributed by atoms with van der Waals surface area (Å²) < 4.78 is 0. The van der Waals surface area contributed by atoms with Crippen LogP contribution >= 0.6 is 0 Å². The van der Waals surface area contributed by atoms with Crippen LogP contribution in [0.3, 0.4) is 0 Å². The number of hydrogen-bond donors (Lipinski definition) is 1. The molecule has 1 atom stereocenters. The lowest BCUT2D eigenvalue weighted by atomic mass is 9.83. The second-order valence-corrected chi connectivity index (χ2v) is 6.84. The summed E-state index contributed by atoms with van der Waals surface area (Å²) in [4.78, 5) is 12.3. The molecule has 134 valence electrons. The molecule has 0 aromatic heterocycles. The number of unbranched alkanes of at least 4 members (excludes halogenated alkanes) is 2. The summed E-state index contributed by atoms with van der Waals surface area (Å²) in [6, 6.07) is 16.6. The van der Waals surface area contributed by atoms with E-state index in [1.807, 2.05) is 18.2 Å². The van der Waals surface area contributed by atoms with Gasteiger partial charge >= 0.3 is 0 Å². The van der Waals surface area contributed by atoms with Gasteiger partial charge in [0.25, 0.3) is 0 Å². The molecule has 0 aliphatic rings. The highest BCUT2D eigenvalue weighted by Gasteiger charge is 2.22. The van der Waals surface area contributed by atoms with Crippen molar-refractivity contribution in [2.75, 3.05) is 0 Å². The van der Waals surface area contributed by atoms with Crippen LogP contribution in [0.15, 0.2) is 48.5 Å². The van der Waals surface area contributed by atoms with Gasteiger partial charge in [0.2, 0.25) is 5.91 Å². The Kier molecular flexibility index (Phi) is 7.72. The van der Waals surface area contributed by atoms with Crippen LogP contribution < -0.4 is 5.73 Å². The molecule has 0 saturated carbocycles. The zero-order valence-electron chi connectivity index (χ0n) is 15.6. The summed E-state index contributed by atoms with van der Waals surface area (Å²) in [7, 11) is 0. The van der Waals surface area contributed by atoms with E-state index in [4.69, 9.17) is 5.73 Å². The number of hydrogen-bond acceptors (Lipinski definition) is 1. The van der Waals surface area contributed by atoms with Gasteiger partial charge in [0, 0.05) is 0 Å². The van der Waals surface area contributed by atoms with Crippen molar-refractivity contribution in [2.45, 2.75) is 64.7 Å². The summed E-state index contributed by atoms with van der Waals surface area (Å²) in [5.41, 5.74) is 10.9. The van der Waals surface area contributed by atoms with Crippen molar-refractivity contribution in [1.82, 2.24) is 0 Å². The van der Waals surface area contributed by atoms with Crippen molar-refractivity contribution in [1.29, 1.82) is 0 Å². The average Bonchev–Trinajstić information content (AvgIpc) is 2.63. The zero-order chi connectivity index (χ0) is 18.1. The Morgan fingerprint density at radius 3 is 2.24 bits per heavy atom. The van der Waals surface area contributed by atoms with E-state index in [0.29, 0.717) is 6.42 Å². The first-order valence-corrected chi connectivity index (χ1v) is 9.61. The minimum absolute atomic E-state index is 0.228. The predicted molar refractivity (Wildman–Crippen MR) is 106 cm³/mol. The predicted octanol–water partition coefficient (Wildman–Crippen LogP) is 5.18. The first-order chi connectivity index (χ1) is 12.2. The highest BCUT2D eigenvalue weighted by molar-refractivity contribution is 5.83. The fourth-order valence-corrected chi connectivity index (χ4v) is 3.45. The van der Waals surface area contributed by atoms with Gasteiger partial charge in [-0.3, -0.25) is 4.79 Å². The van der Waals surface area contributed by atoms with E-state index < -0.39 is 0 Å². The Morgan fingerprint density at radius 2 is 1.60 bits per heavy atom. The first-order valence-electron chi connectivity index (χ1n) is 9.61. The number of nitrogens with two attached hydrogens (primary N) is 1. The first kappa shape index (κ1) is 19.2. The van der Waals surface area contributed by atoms with Gasteiger partial charge in [-0.15, -0.1) is 0 Å². The molecule has 2 nitrogen and oxygen atoms in total. The lowest BCUT2D eigenvalue weighted by molar-refractivity contribution is -0.119. The zero-order valence-corrected chi connectivity index (χ0v) is 15.6. The van der Waals surface area contributed by atoms with Crippen molar-refractivity contribution in [3.8, 4) is 0 Å². The maximum atomic E-state index is 12.3. The van der Waals surface area contributed by atoms with E-state index in [0.717, 1.165) is 36.8 Å². The largest absolute Gasteiger partial charge is 0.369 e. The topological polar surface area (TPSA) is 43.1 Å². The van der Waals surface area contributed by atoms with Crippen LogP contribution in [-0.2, 0) is 24.1 Å². The van der Waals surface area contributed by atoms with Gasteiger partial charge in [0.1, 0.15) is 0 Å². The lowest BCUT2D eigenvalue weighted by Gasteiger charge is -2.21. The van der Waals surface area contributed by atoms with Crippen LogP contribution in [0.25, 0.3) is 0 Å². The summed E-state index contributed by atoms with van der Waals surface area (Å²) in [5.74, 6) is -0.481. The molecule has 2 aromatic rings. The molecular weight excluding hydrogens is 306 g/mol. The van der Waals surface area contributed by atoms with Gasteiger partial charge < -0.3 is 5.73 Å². The lowest BCUT2D eigenvalue weighted by Crippen LogP contribution is -2.25. The van der Waals surface area contributed by atoms with Crippen molar-refractivity contribution < 1.29 is 4.79 Å². The van der Waals surface area contributed by atoms with Gasteiger partial charge in [0.05, 0.1) is 5.92 Å². The van der Waals surface area contributed by atoms with E-state index in [1.165, 1.54) is 24.0 Å². The minimum Gasteiger partial charge on any atom is -0.369 e. The second-order valence-electron chi connectivity index (χ2n) is 6.84. The molecule has 2 rings (SSSR count). The molecule has 0 fully saturated rings. The van der Waals surface area contributed by atoms with E-state index in [2.05, 4.69) is 44.2 Å².